The number of hydrogen-bond donors (Lipinski definition) is 3. The molecule has 110 valence electrons. The first-order valence-electron chi connectivity index (χ1n) is 6.78. The third-order valence-electron chi connectivity index (χ3n) is 3.22. The highest BCUT2D eigenvalue weighted by Crippen LogP contribution is 2.10. The molecule has 0 unspecified atom stereocenters. The van der Waals surface area contributed by atoms with Crippen LogP contribution in [-0.4, -0.2) is 29.1 Å². The van der Waals surface area contributed by atoms with Crippen molar-refractivity contribution in [2.45, 2.75) is 39.2 Å². The SMILES string of the molecule is CCc1ccc(NC(=O)C(=O)NC[C@@](C)(O)CC)cc1. The number of aryl methyl sites for hydroxylation is 1. The fraction of sp³-hybridized carbons (Fsp3) is 0.467. The standard InChI is InChI=1S/C15H22N2O3/c1-4-11-6-8-12(9-7-11)17-14(19)13(18)16-10-15(3,20)5-2/h6-9,20H,4-5,10H2,1-3H3,(H,16,18)(H,17,19)/t15-/m0/s1. The topological polar surface area (TPSA) is 78.4 Å². The van der Waals surface area contributed by atoms with Crippen molar-refractivity contribution >= 4 is 17.5 Å². The third kappa shape index (κ3) is 5.01. The van der Waals surface area contributed by atoms with Gasteiger partial charge in [0.15, 0.2) is 0 Å². The highest BCUT2D eigenvalue weighted by molar-refractivity contribution is 6.39. The van der Waals surface area contributed by atoms with Gasteiger partial charge in [0.1, 0.15) is 0 Å². The van der Waals surface area contributed by atoms with Crippen LogP contribution in [0.25, 0.3) is 0 Å². The van der Waals surface area contributed by atoms with Crippen molar-refractivity contribution in [1.29, 1.82) is 0 Å². The first-order valence-corrected chi connectivity index (χ1v) is 6.78. The molecule has 2 amide bonds. The number of carbonyl (C=O) groups is 2. The van der Waals surface area contributed by atoms with Gasteiger partial charge in [-0.1, -0.05) is 26.0 Å². The number of carbonyl (C=O) groups excluding carboxylic acids is 2. The first kappa shape index (κ1) is 16.2. The Morgan fingerprint density at radius 1 is 1.15 bits per heavy atom. The van der Waals surface area contributed by atoms with Gasteiger partial charge in [0.2, 0.25) is 0 Å². The first-order chi connectivity index (χ1) is 9.38. The van der Waals surface area contributed by atoms with Crippen molar-refractivity contribution < 1.29 is 14.7 Å². The summed E-state index contributed by atoms with van der Waals surface area (Å²) in [5, 5.41) is 14.7. The van der Waals surface area contributed by atoms with Crippen LogP contribution < -0.4 is 10.6 Å². The lowest BCUT2D eigenvalue weighted by Gasteiger charge is -2.21. The maximum absolute atomic E-state index is 11.7. The van der Waals surface area contributed by atoms with E-state index in [1.165, 1.54) is 0 Å². The van der Waals surface area contributed by atoms with Crippen LogP contribution in [0.3, 0.4) is 0 Å². The van der Waals surface area contributed by atoms with Gasteiger partial charge in [0.25, 0.3) is 0 Å². The molecule has 0 radical (unpaired) electrons. The zero-order chi connectivity index (χ0) is 15.2. The van der Waals surface area contributed by atoms with Crippen LogP contribution in [0, 0.1) is 0 Å². The lowest BCUT2D eigenvalue weighted by atomic mass is 10.0. The van der Waals surface area contributed by atoms with Gasteiger partial charge in [0.05, 0.1) is 5.60 Å². The van der Waals surface area contributed by atoms with Crippen LogP contribution in [-0.2, 0) is 16.0 Å². The van der Waals surface area contributed by atoms with Crippen molar-refractivity contribution in [3.8, 4) is 0 Å². The summed E-state index contributed by atoms with van der Waals surface area (Å²) in [6.07, 6.45) is 1.41. The highest BCUT2D eigenvalue weighted by atomic mass is 16.3. The zero-order valence-corrected chi connectivity index (χ0v) is 12.2. The lowest BCUT2D eigenvalue weighted by Crippen LogP contribution is -2.44. The number of nitrogens with one attached hydrogen (secondary N) is 2. The Kier molecular flexibility index (Phi) is 5.70. The summed E-state index contributed by atoms with van der Waals surface area (Å²) < 4.78 is 0. The summed E-state index contributed by atoms with van der Waals surface area (Å²) in [5.41, 5.74) is 0.731. The molecule has 0 aliphatic heterocycles. The number of anilines is 1. The molecule has 0 aliphatic rings. The minimum absolute atomic E-state index is 0.0462. The Morgan fingerprint density at radius 2 is 1.75 bits per heavy atom. The number of benzene rings is 1. The second kappa shape index (κ2) is 7.05. The zero-order valence-electron chi connectivity index (χ0n) is 12.2. The van der Waals surface area contributed by atoms with E-state index in [4.69, 9.17) is 0 Å². The monoisotopic (exact) mass is 278 g/mol. The fourth-order valence-corrected chi connectivity index (χ4v) is 1.49. The Morgan fingerprint density at radius 3 is 2.25 bits per heavy atom. The summed E-state index contributed by atoms with van der Waals surface area (Å²) in [7, 11) is 0. The Labute approximate surface area is 119 Å². The smallest absolute Gasteiger partial charge is 0.313 e. The van der Waals surface area contributed by atoms with Gasteiger partial charge in [0, 0.05) is 12.2 Å². The van der Waals surface area contributed by atoms with Crippen LogP contribution in [0.2, 0.25) is 0 Å². The van der Waals surface area contributed by atoms with Crippen molar-refractivity contribution in [2.75, 3.05) is 11.9 Å². The van der Waals surface area contributed by atoms with Gasteiger partial charge >= 0.3 is 11.8 Å². The summed E-state index contributed by atoms with van der Waals surface area (Å²) in [5.74, 6) is -1.49. The molecule has 1 atom stereocenters. The minimum Gasteiger partial charge on any atom is -0.388 e. The molecule has 0 saturated carbocycles. The van der Waals surface area contributed by atoms with Gasteiger partial charge < -0.3 is 15.7 Å². The van der Waals surface area contributed by atoms with Crippen LogP contribution >= 0.6 is 0 Å². The summed E-state index contributed by atoms with van der Waals surface area (Å²) >= 11 is 0. The van der Waals surface area contributed by atoms with Crippen molar-refractivity contribution in [2.24, 2.45) is 0 Å². The normalized spacial score (nSPS) is 13.4. The van der Waals surface area contributed by atoms with E-state index < -0.39 is 17.4 Å². The van der Waals surface area contributed by atoms with Crippen molar-refractivity contribution in [1.82, 2.24) is 5.32 Å². The summed E-state index contributed by atoms with van der Waals surface area (Å²) in [4.78, 5) is 23.3. The second-order valence-electron chi connectivity index (χ2n) is 5.04. The molecule has 1 rings (SSSR count). The molecule has 3 N–H and O–H groups in total. The van der Waals surface area contributed by atoms with E-state index in [0.717, 1.165) is 12.0 Å². The molecule has 1 aromatic carbocycles. The largest absolute Gasteiger partial charge is 0.388 e. The maximum Gasteiger partial charge on any atom is 0.313 e. The lowest BCUT2D eigenvalue weighted by molar-refractivity contribution is -0.136. The summed E-state index contributed by atoms with van der Waals surface area (Å²) in [6, 6.07) is 7.31. The molecule has 5 nitrogen and oxygen atoms in total. The molecular formula is C15H22N2O3. The van der Waals surface area contributed by atoms with Crippen LogP contribution in [0.4, 0.5) is 5.69 Å². The minimum atomic E-state index is -1.00. The van der Waals surface area contributed by atoms with Gasteiger partial charge in [-0.15, -0.1) is 0 Å². The average molecular weight is 278 g/mol. The molecule has 0 aromatic heterocycles. The van der Waals surface area contributed by atoms with E-state index in [-0.39, 0.29) is 6.54 Å². The fourth-order valence-electron chi connectivity index (χ4n) is 1.49. The van der Waals surface area contributed by atoms with E-state index in [2.05, 4.69) is 10.6 Å². The van der Waals surface area contributed by atoms with E-state index in [0.29, 0.717) is 12.1 Å². The average Bonchev–Trinajstić information content (AvgIpc) is 2.45. The number of aliphatic hydroxyl groups is 1. The van der Waals surface area contributed by atoms with Crippen LogP contribution in [0.5, 0.6) is 0 Å². The van der Waals surface area contributed by atoms with Gasteiger partial charge in [-0.3, -0.25) is 9.59 Å². The van der Waals surface area contributed by atoms with Crippen LogP contribution in [0.1, 0.15) is 32.8 Å². The van der Waals surface area contributed by atoms with Crippen molar-refractivity contribution in [3.63, 3.8) is 0 Å². The Balaban J connectivity index is 2.51. The molecule has 1 aromatic rings. The second-order valence-corrected chi connectivity index (χ2v) is 5.04. The number of hydrogen-bond acceptors (Lipinski definition) is 3. The molecule has 0 bridgehead atoms. The molecule has 0 spiro atoms. The molecule has 0 aliphatic carbocycles. The van der Waals surface area contributed by atoms with E-state index >= 15 is 0 Å². The Hall–Kier alpha value is -1.88. The van der Waals surface area contributed by atoms with E-state index in [1.54, 1.807) is 19.1 Å². The predicted octanol–water partition coefficient (Wildman–Crippen LogP) is 1.46. The predicted molar refractivity (Wildman–Crippen MR) is 78.4 cm³/mol. The van der Waals surface area contributed by atoms with Gasteiger partial charge in [-0.2, -0.15) is 0 Å². The van der Waals surface area contributed by atoms with Gasteiger partial charge in [-0.05, 0) is 37.5 Å². The molecule has 0 saturated heterocycles. The maximum atomic E-state index is 11.7. The molecule has 0 heterocycles. The summed E-state index contributed by atoms with van der Waals surface area (Å²) in [6.45, 7) is 5.50. The molecule has 20 heavy (non-hydrogen) atoms. The Bertz CT molecular complexity index is 467. The van der Waals surface area contributed by atoms with Crippen LogP contribution in [0.15, 0.2) is 24.3 Å². The van der Waals surface area contributed by atoms with E-state index in [1.807, 2.05) is 26.0 Å². The number of rotatable bonds is 5. The molecular weight excluding hydrogens is 256 g/mol. The van der Waals surface area contributed by atoms with E-state index in [9.17, 15) is 14.7 Å². The third-order valence-corrected chi connectivity index (χ3v) is 3.22. The quantitative estimate of drug-likeness (QED) is 0.714. The van der Waals surface area contributed by atoms with Gasteiger partial charge in [-0.25, -0.2) is 0 Å². The molecule has 0 fully saturated rings. The van der Waals surface area contributed by atoms with Crippen molar-refractivity contribution in [3.05, 3.63) is 29.8 Å². The number of amides is 2. The highest BCUT2D eigenvalue weighted by Gasteiger charge is 2.21. The molecule has 5 heteroatoms.